The Morgan fingerprint density at radius 2 is 1.85 bits per heavy atom. The SMILES string of the molecule is CCn1c(N=Cc2c(C)[nH]n(-c3ccccc3)c2=O)nc2ccccc21. The summed E-state index contributed by atoms with van der Waals surface area (Å²) < 4.78 is 3.56. The first kappa shape index (κ1) is 16.1. The smallest absolute Gasteiger partial charge is 0.280 e. The molecule has 6 heteroatoms. The van der Waals surface area contributed by atoms with Gasteiger partial charge in [-0.1, -0.05) is 30.3 Å². The lowest BCUT2D eigenvalue weighted by Gasteiger charge is -2.00. The molecule has 0 aliphatic carbocycles. The van der Waals surface area contributed by atoms with Crippen LogP contribution in [0.1, 0.15) is 18.2 Å². The van der Waals surface area contributed by atoms with Crippen LogP contribution < -0.4 is 5.56 Å². The van der Waals surface area contributed by atoms with E-state index in [1.54, 1.807) is 6.21 Å². The van der Waals surface area contributed by atoms with Gasteiger partial charge >= 0.3 is 0 Å². The van der Waals surface area contributed by atoms with Crippen molar-refractivity contribution in [3.63, 3.8) is 0 Å². The van der Waals surface area contributed by atoms with Gasteiger partial charge in [-0.3, -0.25) is 9.89 Å². The van der Waals surface area contributed by atoms with Gasteiger partial charge in [0.05, 0.1) is 22.3 Å². The van der Waals surface area contributed by atoms with Gasteiger partial charge < -0.3 is 4.57 Å². The molecule has 0 aliphatic rings. The molecule has 2 aromatic heterocycles. The Balaban J connectivity index is 1.77. The summed E-state index contributed by atoms with van der Waals surface area (Å²) in [5.41, 5.74) is 3.90. The molecule has 4 aromatic rings. The Hall–Kier alpha value is -3.41. The van der Waals surface area contributed by atoms with Crippen LogP contribution in [0.2, 0.25) is 0 Å². The second kappa shape index (κ2) is 6.48. The van der Waals surface area contributed by atoms with Crippen molar-refractivity contribution in [2.24, 2.45) is 4.99 Å². The number of hydrogen-bond donors (Lipinski definition) is 1. The summed E-state index contributed by atoms with van der Waals surface area (Å²) in [6, 6.07) is 17.4. The molecule has 0 radical (unpaired) electrons. The van der Waals surface area contributed by atoms with Crippen molar-refractivity contribution in [3.05, 3.63) is 76.2 Å². The van der Waals surface area contributed by atoms with Gasteiger partial charge in [-0.15, -0.1) is 0 Å². The maximum atomic E-state index is 12.8. The number of hydrogen-bond acceptors (Lipinski definition) is 3. The summed E-state index contributed by atoms with van der Waals surface area (Å²) in [5, 5.41) is 3.11. The minimum Gasteiger partial charge on any atom is -0.309 e. The Bertz CT molecular complexity index is 1150. The zero-order chi connectivity index (χ0) is 18.1. The standard InChI is InChI=1S/C20H19N5O/c1-3-24-18-12-8-7-11-17(18)22-20(24)21-13-16-14(2)23-25(19(16)26)15-9-5-4-6-10-15/h4-13,23H,3H2,1-2H3. The van der Waals surface area contributed by atoms with Crippen molar-refractivity contribution >= 4 is 23.2 Å². The van der Waals surface area contributed by atoms with Gasteiger partial charge in [0.2, 0.25) is 5.95 Å². The minimum atomic E-state index is -0.128. The highest BCUT2D eigenvalue weighted by Crippen LogP contribution is 2.21. The molecular formula is C20H19N5O. The molecule has 0 aliphatic heterocycles. The predicted molar refractivity (Wildman–Crippen MR) is 104 cm³/mol. The summed E-state index contributed by atoms with van der Waals surface area (Å²) >= 11 is 0. The van der Waals surface area contributed by atoms with E-state index in [2.05, 4.69) is 22.0 Å². The van der Waals surface area contributed by atoms with Crippen LogP contribution >= 0.6 is 0 Å². The van der Waals surface area contributed by atoms with Crippen molar-refractivity contribution in [1.82, 2.24) is 19.3 Å². The molecule has 0 saturated carbocycles. The highest BCUT2D eigenvalue weighted by Gasteiger charge is 2.12. The van der Waals surface area contributed by atoms with Crippen molar-refractivity contribution in [3.8, 4) is 5.69 Å². The van der Waals surface area contributed by atoms with Gasteiger partial charge in [0.15, 0.2) is 0 Å². The maximum Gasteiger partial charge on any atom is 0.280 e. The normalized spacial score (nSPS) is 11.6. The fraction of sp³-hybridized carbons (Fsp3) is 0.150. The number of rotatable bonds is 4. The first-order valence-electron chi connectivity index (χ1n) is 8.55. The molecule has 0 amide bonds. The second-order valence-corrected chi connectivity index (χ2v) is 6.03. The van der Waals surface area contributed by atoms with Crippen molar-refractivity contribution < 1.29 is 0 Å². The molecule has 0 unspecified atom stereocenters. The fourth-order valence-electron chi connectivity index (χ4n) is 3.07. The van der Waals surface area contributed by atoms with Crippen LogP contribution in [0.25, 0.3) is 16.7 Å². The fourth-order valence-corrected chi connectivity index (χ4v) is 3.07. The van der Waals surface area contributed by atoms with Gasteiger partial charge in [-0.2, -0.15) is 0 Å². The van der Waals surface area contributed by atoms with Gasteiger partial charge in [0.25, 0.3) is 5.56 Å². The molecule has 6 nitrogen and oxygen atoms in total. The number of imidazole rings is 1. The Kier molecular flexibility index (Phi) is 4.01. The van der Waals surface area contributed by atoms with Crippen LogP contribution in [0, 0.1) is 6.92 Å². The number of aryl methyl sites for hydroxylation is 2. The molecule has 1 N–H and O–H groups in total. The lowest BCUT2D eigenvalue weighted by atomic mass is 10.3. The summed E-state index contributed by atoms with van der Waals surface area (Å²) in [7, 11) is 0. The Morgan fingerprint density at radius 1 is 1.12 bits per heavy atom. The third-order valence-corrected chi connectivity index (χ3v) is 4.39. The summed E-state index contributed by atoms with van der Waals surface area (Å²) in [6.07, 6.45) is 1.60. The summed E-state index contributed by atoms with van der Waals surface area (Å²) in [5.74, 6) is 0.597. The van der Waals surface area contributed by atoms with Gasteiger partial charge in [0.1, 0.15) is 0 Å². The third kappa shape index (κ3) is 2.65. The van der Waals surface area contributed by atoms with E-state index in [1.807, 2.05) is 66.1 Å². The Labute approximate surface area is 150 Å². The zero-order valence-corrected chi connectivity index (χ0v) is 14.7. The molecule has 0 atom stereocenters. The van der Waals surface area contributed by atoms with Gasteiger partial charge in [0, 0.05) is 18.5 Å². The quantitative estimate of drug-likeness (QED) is 0.574. The number of fused-ring (bicyclic) bond motifs is 1. The molecule has 26 heavy (non-hydrogen) atoms. The maximum absolute atomic E-state index is 12.8. The average Bonchev–Trinajstić information content (AvgIpc) is 3.17. The second-order valence-electron chi connectivity index (χ2n) is 6.03. The third-order valence-electron chi connectivity index (χ3n) is 4.39. The van der Waals surface area contributed by atoms with E-state index in [9.17, 15) is 4.79 Å². The number of benzene rings is 2. The highest BCUT2D eigenvalue weighted by molar-refractivity contribution is 5.84. The van der Waals surface area contributed by atoms with Crippen LogP contribution in [-0.2, 0) is 6.54 Å². The highest BCUT2D eigenvalue weighted by atomic mass is 16.1. The van der Waals surface area contributed by atoms with Crippen LogP contribution in [0.4, 0.5) is 5.95 Å². The van der Waals surface area contributed by atoms with E-state index in [4.69, 9.17) is 0 Å². The van der Waals surface area contributed by atoms with Gasteiger partial charge in [-0.25, -0.2) is 14.7 Å². The van der Waals surface area contributed by atoms with E-state index < -0.39 is 0 Å². The number of para-hydroxylation sites is 3. The molecular weight excluding hydrogens is 326 g/mol. The number of aromatic nitrogens is 4. The van der Waals surface area contributed by atoms with Crippen LogP contribution in [0.3, 0.4) is 0 Å². The lowest BCUT2D eigenvalue weighted by molar-refractivity contribution is 0.790. The topological polar surface area (TPSA) is 68.0 Å². The molecule has 0 saturated heterocycles. The van der Waals surface area contributed by atoms with Crippen molar-refractivity contribution in [2.45, 2.75) is 20.4 Å². The van der Waals surface area contributed by atoms with Crippen molar-refractivity contribution in [2.75, 3.05) is 0 Å². The Morgan fingerprint density at radius 3 is 2.62 bits per heavy atom. The first-order valence-corrected chi connectivity index (χ1v) is 8.55. The summed E-state index contributed by atoms with van der Waals surface area (Å²) in [6.45, 7) is 4.68. The van der Waals surface area contributed by atoms with E-state index in [1.165, 1.54) is 4.68 Å². The predicted octanol–water partition coefficient (Wildman–Crippen LogP) is 3.59. The monoisotopic (exact) mass is 345 g/mol. The molecule has 2 heterocycles. The summed E-state index contributed by atoms with van der Waals surface area (Å²) in [4.78, 5) is 21.8. The largest absolute Gasteiger partial charge is 0.309 e. The first-order chi connectivity index (χ1) is 12.7. The van der Waals surface area contributed by atoms with Crippen LogP contribution in [0.5, 0.6) is 0 Å². The number of H-pyrrole nitrogens is 1. The molecule has 130 valence electrons. The van der Waals surface area contributed by atoms with E-state index in [0.29, 0.717) is 11.5 Å². The number of nitrogens with one attached hydrogen (secondary N) is 1. The van der Waals surface area contributed by atoms with E-state index in [0.717, 1.165) is 29.0 Å². The molecule has 0 spiro atoms. The number of aliphatic imine (C=N–C) groups is 1. The lowest BCUT2D eigenvalue weighted by Crippen LogP contribution is -2.17. The molecule has 4 rings (SSSR count). The van der Waals surface area contributed by atoms with Crippen molar-refractivity contribution in [1.29, 1.82) is 0 Å². The number of nitrogens with zero attached hydrogens (tertiary/aromatic N) is 4. The van der Waals surface area contributed by atoms with E-state index >= 15 is 0 Å². The van der Waals surface area contributed by atoms with Crippen LogP contribution in [-0.4, -0.2) is 25.5 Å². The number of aromatic amines is 1. The van der Waals surface area contributed by atoms with Crippen LogP contribution in [0.15, 0.2) is 64.4 Å². The molecule has 0 bridgehead atoms. The minimum absolute atomic E-state index is 0.128. The molecule has 0 fully saturated rings. The van der Waals surface area contributed by atoms with E-state index in [-0.39, 0.29) is 5.56 Å². The zero-order valence-electron chi connectivity index (χ0n) is 14.7. The average molecular weight is 345 g/mol. The molecule has 2 aromatic carbocycles. The van der Waals surface area contributed by atoms with Gasteiger partial charge in [-0.05, 0) is 38.1 Å².